The number of carbonyl (C=O) groups is 2. The smallest absolute Gasteiger partial charge is 0.276 e. The average molecular weight is 392 g/mol. The number of nitrogens with one attached hydrogen (secondary N) is 2. The Morgan fingerprint density at radius 2 is 1.62 bits per heavy atom. The molecule has 0 fully saturated rings. The summed E-state index contributed by atoms with van der Waals surface area (Å²) in [5.74, 6) is -0.162. The van der Waals surface area contributed by atoms with Crippen molar-refractivity contribution in [3.05, 3.63) is 71.5 Å². The summed E-state index contributed by atoms with van der Waals surface area (Å²) in [6.07, 6.45) is 0.142. The molecule has 0 radical (unpaired) electrons. The molecular weight excluding hydrogens is 368 g/mol. The number of ether oxygens (including phenoxy) is 1. The summed E-state index contributed by atoms with van der Waals surface area (Å²) in [7, 11) is 1.83. The van der Waals surface area contributed by atoms with Gasteiger partial charge in [-0.05, 0) is 25.5 Å². The fraction of sp³-hybridized carbons (Fsp3) is 0.227. The SMILES string of the molecule is Cc1nn(C)c(C)c1CC(=O)NNC(=O)COc1ccccc1-c1ccccc1. The first kappa shape index (κ1) is 20.1. The highest BCUT2D eigenvalue weighted by molar-refractivity contribution is 5.84. The van der Waals surface area contributed by atoms with Crippen molar-refractivity contribution < 1.29 is 14.3 Å². The zero-order chi connectivity index (χ0) is 20.8. The minimum absolute atomic E-state index is 0.142. The Labute approximate surface area is 169 Å². The number of hydrogen-bond donors (Lipinski definition) is 2. The molecule has 2 N–H and O–H groups in total. The Balaban J connectivity index is 1.53. The highest BCUT2D eigenvalue weighted by Gasteiger charge is 2.14. The normalized spacial score (nSPS) is 10.4. The van der Waals surface area contributed by atoms with Crippen molar-refractivity contribution in [2.75, 3.05) is 6.61 Å². The summed E-state index contributed by atoms with van der Waals surface area (Å²) >= 11 is 0. The minimum Gasteiger partial charge on any atom is -0.483 e. The van der Waals surface area contributed by atoms with Gasteiger partial charge in [0.15, 0.2) is 6.61 Å². The predicted molar refractivity (Wildman–Crippen MR) is 110 cm³/mol. The van der Waals surface area contributed by atoms with Crippen molar-refractivity contribution in [3.63, 3.8) is 0 Å². The molecule has 1 aromatic heterocycles. The van der Waals surface area contributed by atoms with Crippen molar-refractivity contribution in [2.45, 2.75) is 20.3 Å². The van der Waals surface area contributed by atoms with E-state index in [4.69, 9.17) is 4.74 Å². The summed E-state index contributed by atoms with van der Waals surface area (Å²) < 4.78 is 7.40. The number of para-hydroxylation sites is 1. The molecule has 0 atom stereocenters. The van der Waals surface area contributed by atoms with E-state index in [2.05, 4.69) is 16.0 Å². The van der Waals surface area contributed by atoms with Crippen LogP contribution in [-0.4, -0.2) is 28.2 Å². The molecule has 0 aliphatic rings. The fourth-order valence-corrected chi connectivity index (χ4v) is 3.05. The molecule has 150 valence electrons. The molecule has 3 rings (SSSR count). The molecule has 0 aliphatic heterocycles. The van der Waals surface area contributed by atoms with E-state index in [1.54, 1.807) is 4.68 Å². The highest BCUT2D eigenvalue weighted by atomic mass is 16.5. The predicted octanol–water partition coefficient (Wildman–Crippen LogP) is 2.47. The summed E-state index contributed by atoms with van der Waals surface area (Å²) in [4.78, 5) is 24.2. The van der Waals surface area contributed by atoms with E-state index in [-0.39, 0.29) is 18.9 Å². The van der Waals surface area contributed by atoms with Crippen LogP contribution in [-0.2, 0) is 23.1 Å². The first-order valence-corrected chi connectivity index (χ1v) is 9.29. The summed E-state index contributed by atoms with van der Waals surface area (Å²) in [5, 5.41) is 4.28. The molecule has 2 amide bonds. The van der Waals surface area contributed by atoms with E-state index >= 15 is 0 Å². The molecule has 7 heteroatoms. The second-order valence-electron chi connectivity index (χ2n) is 6.70. The van der Waals surface area contributed by atoms with Crippen LogP contribution in [0, 0.1) is 13.8 Å². The van der Waals surface area contributed by atoms with Gasteiger partial charge in [0.05, 0.1) is 12.1 Å². The Morgan fingerprint density at radius 1 is 0.966 bits per heavy atom. The van der Waals surface area contributed by atoms with Gasteiger partial charge in [0.25, 0.3) is 5.91 Å². The molecule has 0 spiro atoms. The van der Waals surface area contributed by atoms with Crippen LogP contribution in [0.5, 0.6) is 5.75 Å². The van der Waals surface area contributed by atoms with E-state index in [0.29, 0.717) is 5.75 Å². The lowest BCUT2D eigenvalue weighted by molar-refractivity contribution is -0.129. The molecule has 0 unspecified atom stereocenters. The van der Waals surface area contributed by atoms with Crippen LogP contribution in [0.1, 0.15) is 17.0 Å². The van der Waals surface area contributed by atoms with Crippen molar-refractivity contribution >= 4 is 11.8 Å². The Morgan fingerprint density at radius 3 is 2.31 bits per heavy atom. The molecule has 2 aromatic carbocycles. The van der Waals surface area contributed by atoms with Gasteiger partial charge in [-0.2, -0.15) is 5.10 Å². The molecule has 29 heavy (non-hydrogen) atoms. The number of hydrazine groups is 1. The molecule has 0 bridgehead atoms. The van der Waals surface area contributed by atoms with E-state index in [9.17, 15) is 9.59 Å². The van der Waals surface area contributed by atoms with Gasteiger partial charge in [0, 0.05) is 23.9 Å². The lowest BCUT2D eigenvalue weighted by atomic mass is 10.1. The maximum Gasteiger partial charge on any atom is 0.276 e. The lowest BCUT2D eigenvalue weighted by Crippen LogP contribution is -2.44. The molecular formula is C22H24N4O3. The minimum atomic E-state index is -0.444. The quantitative estimate of drug-likeness (QED) is 0.631. The zero-order valence-electron chi connectivity index (χ0n) is 16.7. The van der Waals surface area contributed by atoms with Crippen molar-refractivity contribution in [1.29, 1.82) is 0 Å². The van der Waals surface area contributed by atoms with Crippen LogP contribution in [0.3, 0.4) is 0 Å². The third-order valence-electron chi connectivity index (χ3n) is 4.67. The van der Waals surface area contributed by atoms with Gasteiger partial charge in [-0.3, -0.25) is 25.1 Å². The van der Waals surface area contributed by atoms with Gasteiger partial charge in [-0.25, -0.2) is 0 Å². The number of carbonyl (C=O) groups excluding carboxylic acids is 2. The maximum atomic E-state index is 12.1. The third-order valence-corrected chi connectivity index (χ3v) is 4.67. The van der Waals surface area contributed by atoms with Gasteiger partial charge in [-0.15, -0.1) is 0 Å². The maximum absolute atomic E-state index is 12.1. The monoisotopic (exact) mass is 392 g/mol. The van der Waals surface area contributed by atoms with E-state index in [1.165, 1.54) is 0 Å². The topological polar surface area (TPSA) is 85.3 Å². The number of benzene rings is 2. The number of nitrogens with zero attached hydrogens (tertiary/aromatic N) is 2. The molecule has 0 saturated carbocycles. The molecule has 3 aromatic rings. The van der Waals surface area contributed by atoms with E-state index in [0.717, 1.165) is 28.1 Å². The van der Waals surface area contributed by atoms with Crippen LogP contribution < -0.4 is 15.6 Å². The Bertz CT molecular complexity index is 1010. The Hall–Kier alpha value is -3.61. The highest BCUT2D eigenvalue weighted by Crippen LogP contribution is 2.29. The van der Waals surface area contributed by atoms with Gasteiger partial charge in [0.1, 0.15) is 5.75 Å². The summed E-state index contributed by atoms with van der Waals surface area (Å²) in [6, 6.07) is 17.3. The molecule has 0 saturated heterocycles. The number of aryl methyl sites for hydroxylation is 2. The van der Waals surface area contributed by atoms with E-state index < -0.39 is 5.91 Å². The van der Waals surface area contributed by atoms with Crippen LogP contribution in [0.15, 0.2) is 54.6 Å². The van der Waals surface area contributed by atoms with Crippen LogP contribution >= 0.6 is 0 Å². The van der Waals surface area contributed by atoms with E-state index in [1.807, 2.05) is 75.5 Å². The standard InChI is InChI=1S/C22H24N4O3/c1-15-19(16(2)26(3)25-15)13-21(27)23-24-22(28)14-29-20-12-8-7-11-18(20)17-9-5-4-6-10-17/h4-12H,13-14H2,1-3H3,(H,23,27)(H,24,28). The second kappa shape index (κ2) is 9.05. The van der Waals surface area contributed by atoms with Crippen molar-refractivity contribution in [1.82, 2.24) is 20.6 Å². The largest absolute Gasteiger partial charge is 0.483 e. The van der Waals surface area contributed by atoms with Crippen molar-refractivity contribution in [3.8, 4) is 16.9 Å². The number of amides is 2. The fourth-order valence-electron chi connectivity index (χ4n) is 3.05. The summed E-state index contributed by atoms with van der Waals surface area (Å²) in [6.45, 7) is 3.54. The molecule has 7 nitrogen and oxygen atoms in total. The molecule has 0 aliphatic carbocycles. The third kappa shape index (κ3) is 5.01. The first-order chi connectivity index (χ1) is 14.0. The Kier molecular flexibility index (Phi) is 6.29. The van der Waals surface area contributed by atoms with Crippen LogP contribution in [0.2, 0.25) is 0 Å². The number of aromatic nitrogens is 2. The van der Waals surface area contributed by atoms with Crippen molar-refractivity contribution in [2.24, 2.45) is 7.05 Å². The van der Waals surface area contributed by atoms with Crippen LogP contribution in [0.25, 0.3) is 11.1 Å². The van der Waals surface area contributed by atoms with Gasteiger partial charge in [0.2, 0.25) is 5.91 Å². The summed E-state index contributed by atoms with van der Waals surface area (Å²) in [5.41, 5.74) is 9.28. The lowest BCUT2D eigenvalue weighted by Gasteiger charge is -2.12. The van der Waals surface area contributed by atoms with Crippen LogP contribution in [0.4, 0.5) is 0 Å². The van der Waals surface area contributed by atoms with Gasteiger partial charge < -0.3 is 4.74 Å². The first-order valence-electron chi connectivity index (χ1n) is 9.29. The second-order valence-corrected chi connectivity index (χ2v) is 6.70. The number of hydrogen-bond acceptors (Lipinski definition) is 4. The average Bonchev–Trinajstić information content (AvgIpc) is 2.97. The number of rotatable bonds is 6. The molecule has 1 heterocycles. The van der Waals surface area contributed by atoms with Gasteiger partial charge in [-0.1, -0.05) is 48.5 Å². The van der Waals surface area contributed by atoms with Gasteiger partial charge >= 0.3 is 0 Å². The zero-order valence-corrected chi connectivity index (χ0v) is 16.7.